The molecule has 0 aliphatic heterocycles. The topological polar surface area (TPSA) is 12.9 Å². The van der Waals surface area contributed by atoms with Crippen molar-refractivity contribution in [1.82, 2.24) is 4.37 Å². The van der Waals surface area contributed by atoms with Gasteiger partial charge in [0.1, 0.15) is 0 Å². The third kappa shape index (κ3) is 1.03. The first-order valence-electron chi connectivity index (χ1n) is 1.68. The molecule has 8 heavy (non-hydrogen) atoms. The molecule has 1 nitrogen and oxygen atoms in total. The van der Waals surface area contributed by atoms with Crippen LogP contribution in [0.1, 0.15) is 0 Å². The normalized spacial score (nSPS) is 9.88. The van der Waals surface area contributed by atoms with Gasteiger partial charge < -0.3 is 0 Å². The molecule has 0 fully saturated rings. The van der Waals surface area contributed by atoms with Crippen molar-refractivity contribution in [2.75, 3.05) is 0 Å². The molecule has 0 bridgehead atoms. The molecule has 0 unspecified atom stereocenters. The van der Waals surface area contributed by atoms with Crippen LogP contribution in [0, 0.1) is 35.8 Å². The van der Waals surface area contributed by atoms with Crippen molar-refractivity contribution < 1.29 is 33.5 Å². The summed E-state index contributed by atoms with van der Waals surface area (Å²) in [5.74, 6) is -0.677. The second kappa shape index (κ2) is 2.32. The van der Waals surface area contributed by atoms with Crippen LogP contribution in [0.4, 0.5) is 8.78 Å². The summed E-state index contributed by atoms with van der Waals surface area (Å²) >= 11 is 1.53. The second-order valence-corrected chi connectivity index (χ2v) is 3.25. The van der Waals surface area contributed by atoms with E-state index in [9.17, 15) is 8.78 Å². The van der Waals surface area contributed by atoms with Crippen LogP contribution in [-0.4, -0.2) is 4.37 Å². The molecule has 0 atom stereocenters. The minimum atomic E-state index is -0.677. The summed E-state index contributed by atoms with van der Waals surface area (Å²) in [5.41, 5.74) is 0. The molecular formula is C3AtF2NS. The predicted octanol–water partition coefficient (Wildman–Crippen LogP) is 0.596. The Hall–Kier alpha value is 0.373. The van der Waals surface area contributed by atoms with Gasteiger partial charge in [-0.25, -0.2) is 0 Å². The summed E-state index contributed by atoms with van der Waals surface area (Å²) in [5, 5.41) is -0.515. The molecule has 0 N–H and O–H groups in total. The van der Waals surface area contributed by atoms with Crippen molar-refractivity contribution >= 4 is 14.8 Å². The van der Waals surface area contributed by atoms with Gasteiger partial charge in [-0.2, -0.15) is 0 Å². The van der Waals surface area contributed by atoms with Crippen LogP contribution in [0.2, 0.25) is 0 Å². The summed E-state index contributed by atoms with van der Waals surface area (Å²) in [6.45, 7) is 0. The molecule has 0 aromatic carbocycles. The van der Waals surface area contributed by atoms with Crippen LogP contribution in [0.3, 0.4) is 0 Å². The zero-order chi connectivity index (χ0) is 6.15. The molecule has 0 aliphatic rings. The summed E-state index contributed by atoms with van der Waals surface area (Å²) in [4.78, 5) is 0. The Kier molecular flexibility index (Phi) is 1.88. The summed E-state index contributed by atoms with van der Waals surface area (Å²) in [6, 6.07) is 0. The van der Waals surface area contributed by atoms with Gasteiger partial charge in [0, 0.05) is 0 Å². The standard InChI is InChI=1S/C3AtF2NS/c4-1-2(5)7-8-3(1)6. The van der Waals surface area contributed by atoms with Crippen molar-refractivity contribution in [3.63, 3.8) is 0 Å². The molecule has 5 heteroatoms. The first kappa shape index (κ1) is 6.49. The number of rotatable bonds is 0. The van der Waals surface area contributed by atoms with Crippen molar-refractivity contribution in [2.45, 2.75) is 0 Å². The molecule has 1 aromatic heterocycles. The molecule has 0 aliphatic carbocycles. The molecular weight excluding hydrogens is 330 g/mol. The second-order valence-electron chi connectivity index (χ2n) is 1.06. The molecule has 0 saturated carbocycles. The molecule has 1 rings (SSSR count). The predicted molar refractivity (Wildman–Crippen MR) is 21.7 cm³/mol. The van der Waals surface area contributed by atoms with Gasteiger partial charge in [0.05, 0.1) is 0 Å². The van der Waals surface area contributed by atoms with Crippen LogP contribution in [0.25, 0.3) is 0 Å². The SMILES string of the molecule is Fc1nsc(F)c1[At]. The summed E-state index contributed by atoms with van der Waals surface area (Å²) in [7, 11) is 0. The third-order valence-corrected chi connectivity index (χ3v) is 2.93. The van der Waals surface area contributed by atoms with Crippen molar-refractivity contribution in [1.29, 1.82) is 0 Å². The van der Waals surface area contributed by atoms with Crippen LogP contribution in [-0.2, 0) is 0 Å². The molecule has 0 amide bonds. The Bertz CT molecular complexity index is 180. The number of halogens is 2. The average molecular weight is 330 g/mol. The fourth-order valence-electron chi connectivity index (χ4n) is 0.241. The Labute approximate surface area is 63.7 Å². The van der Waals surface area contributed by atoms with Crippen molar-refractivity contribution in [2.24, 2.45) is 0 Å². The zero-order valence-corrected chi connectivity index (χ0v) is 7.24. The van der Waals surface area contributed by atoms with Crippen LogP contribution < -0.4 is 3.27 Å². The van der Waals surface area contributed by atoms with Gasteiger partial charge in [0.15, 0.2) is 0 Å². The van der Waals surface area contributed by atoms with Gasteiger partial charge in [-0.05, 0) is 0 Å². The number of nitrogens with zero attached hydrogens (tertiary/aromatic N) is 1. The summed E-state index contributed by atoms with van der Waals surface area (Å²) < 4.78 is 27.3. The maximum absolute atomic E-state index is 12.1. The molecule has 44 valence electrons. The van der Waals surface area contributed by atoms with Gasteiger partial charge >= 0.3 is 63.8 Å². The monoisotopic (exact) mass is 330 g/mol. The van der Waals surface area contributed by atoms with E-state index in [0.717, 1.165) is 24.7 Å². The molecule has 0 spiro atoms. The van der Waals surface area contributed by atoms with E-state index in [0.29, 0.717) is 11.5 Å². The van der Waals surface area contributed by atoms with Gasteiger partial charge in [0.2, 0.25) is 0 Å². The van der Waals surface area contributed by atoms with E-state index < -0.39 is 11.1 Å². The fourth-order valence-corrected chi connectivity index (χ4v) is 1.45. The Balaban J connectivity index is 3.19. The number of hydrogen-bond acceptors (Lipinski definition) is 2. The quantitative estimate of drug-likeness (QED) is 0.679. The zero-order valence-electron chi connectivity index (χ0n) is 3.49. The number of aromatic nitrogens is 1. The van der Waals surface area contributed by atoms with E-state index in [1.807, 2.05) is 0 Å². The van der Waals surface area contributed by atoms with E-state index in [1.54, 1.807) is 0 Å². The van der Waals surface area contributed by atoms with E-state index in [-0.39, 0.29) is 3.27 Å². The maximum atomic E-state index is 12.1. The Morgan fingerprint density at radius 2 is 2.12 bits per heavy atom. The van der Waals surface area contributed by atoms with E-state index in [4.69, 9.17) is 0 Å². The fraction of sp³-hybridized carbons (Fsp3) is 0. The van der Waals surface area contributed by atoms with Gasteiger partial charge in [-0.1, -0.05) is 0 Å². The van der Waals surface area contributed by atoms with Gasteiger partial charge in [-0.3, -0.25) is 0 Å². The van der Waals surface area contributed by atoms with Crippen molar-refractivity contribution in [3.8, 4) is 0 Å². The molecule has 1 aromatic rings. The number of hydrogen-bond donors (Lipinski definition) is 0. The molecule has 1 heterocycles. The van der Waals surface area contributed by atoms with Crippen LogP contribution in [0.15, 0.2) is 0 Å². The van der Waals surface area contributed by atoms with Gasteiger partial charge in [-0.15, -0.1) is 0 Å². The van der Waals surface area contributed by atoms with Crippen LogP contribution >= 0.6 is 11.5 Å². The van der Waals surface area contributed by atoms with Gasteiger partial charge in [0.25, 0.3) is 0 Å². The van der Waals surface area contributed by atoms with E-state index in [2.05, 4.69) is 4.37 Å². The van der Waals surface area contributed by atoms with Crippen LogP contribution in [0.5, 0.6) is 0 Å². The minimum absolute atomic E-state index is 0.0648. The summed E-state index contributed by atoms with van der Waals surface area (Å²) in [6.07, 6.45) is 0. The average Bonchev–Trinajstić information content (AvgIpc) is 1.98. The van der Waals surface area contributed by atoms with Crippen molar-refractivity contribution in [3.05, 3.63) is 11.1 Å². The van der Waals surface area contributed by atoms with E-state index >= 15 is 0 Å². The first-order chi connectivity index (χ1) is 3.72. The van der Waals surface area contributed by atoms with E-state index in [1.165, 1.54) is 0 Å². The Morgan fingerprint density at radius 1 is 1.50 bits per heavy atom. The molecule has 0 radical (unpaired) electrons. The third-order valence-electron chi connectivity index (χ3n) is 0.560. The first-order valence-corrected chi connectivity index (χ1v) is 3.92. The Morgan fingerprint density at radius 3 is 2.25 bits per heavy atom. The molecule has 0 saturated heterocycles.